The molecule has 0 radical (unpaired) electrons. The zero-order chi connectivity index (χ0) is 19.3. The minimum Gasteiger partial charge on any atom is -0.493 e. The largest absolute Gasteiger partial charge is 0.493 e. The number of nitrogens with one attached hydrogen (secondary N) is 1. The summed E-state index contributed by atoms with van der Waals surface area (Å²) >= 11 is 3.21. The monoisotopic (exact) mass is 424 g/mol. The molecule has 2 aromatic carbocycles. The molecule has 0 atom stereocenters. The van der Waals surface area contributed by atoms with Crippen LogP contribution in [-0.2, 0) is 10.0 Å². The van der Waals surface area contributed by atoms with Crippen LogP contribution in [0.4, 0.5) is 5.69 Å². The molecule has 1 aromatic heterocycles. The first kappa shape index (κ1) is 19.8. The molecule has 1 N–H and O–H groups in total. The molecule has 27 heavy (non-hydrogen) atoms. The lowest BCUT2D eigenvalue weighted by Gasteiger charge is -2.11. The van der Waals surface area contributed by atoms with E-state index in [4.69, 9.17) is 9.47 Å². The molecule has 0 aliphatic carbocycles. The minimum absolute atomic E-state index is 0.0409. The molecule has 0 aliphatic heterocycles. The molecule has 0 amide bonds. The number of rotatable bonds is 9. The lowest BCUT2D eigenvalue weighted by atomic mass is 10.3. The number of para-hydroxylation sites is 1. The van der Waals surface area contributed by atoms with Crippen molar-refractivity contribution in [2.24, 2.45) is 0 Å². The summed E-state index contributed by atoms with van der Waals surface area (Å²) < 4.78 is 39.6. The third-order valence-electron chi connectivity index (χ3n) is 3.71. The molecule has 144 valence electrons. The fourth-order valence-corrected chi connectivity index (χ4v) is 5.83. The van der Waals surface area contributed by atoms with Gasteiger partial charge in [-0.25, -0.2) is 13.4 Å². The lowest BCUT2D eigenvalue weighted by molar-refractivity contribution is 0.355. The van der Waals surface area contributed by atoms with Crippen molar-refractivity contribution in [3.8, 4) is 11.5 Å². The summed E-state index contributed by atoms with van der Waals surface area (Å²) in [4.78, 5) is 4.54. The molecule has 3 rings (SSSR count). The van der Waals surface area contributed by atoms with Gasteiger partial charge >= 0.3 is 0 Å². The number of ether oxygens (including phenoxy) is 2. The molecule has 0 aliphatic rings. The number of thioether (sulfide) groups is 1. The van der Waals surface area contributed by atoms with Gasteiger partial charge in [0.25, 0.3) is 0 Å². The van der Waals surface area contributed by atoms with E-state index in [1.165, 1.54) is 14.2 Å². The second-order valence-electron chi connectivity index (χ2n) is 5.64. The van der Waals surface area contributed by atoms with Gasteiger partial charge in [-0.3, -0.25) is 4.72 Å². The van der Waals surface area contributed by atoms with Crippen molar-refractivity contribution in [2.75, 3.05) is 30.4 Å². The first-order valence-corrected chi connectivity index (χ1v) is 11.7. The number of fused-ring (bicyclic) bond motifs is 1. The Kier molecular flexibility index (Phi) is 6.46. The van der Waals surface area contributed by atoms with Crippen molar-refractivity contribution in [3.05, 3.63) is 42.5 Å². The Morgan fingerprint density at radius 1 is 1.11 bits per heavy atom. The smallest absolute Gasteiger partial charge is 0.232 e. The van der Waals surface area contributed by atoms with Crippen LogP contribution in [0.2, 0.25) is 0 Å². The number of aromatic nitrogens is 1. The molecule has 6 nitrogen and oxygen atoms in total. The Morgan fingerprint density at radius 2 is 1.89 bits per heavy atom. The van der Waals surface area contributed by atoms with Crippen molar-refractivity contribution < 1.29 is 17.9 Å². The van der Waals surface area contributed by atoms with E-state index < -0.39 is 10.0 Å². The summed E-state index contributed by atoms with van der Waals surface area (Å²) in [5, 5.41) is 0. The van der Waals surface area contributed by atoms with Crippen molar-refractivity contribution in [2.45, 2.75) is 10.8 Å². The molecule has 1 heterocycles. The highest BCUT2D eigenvalue weighted by Crippen LogP contribution is 2.31. The fraction of sp³-hybridized carbons (Fsp3) is 0.278. The standard InChI is InChI=1S/C18H20N2O4S3/c1-23-15-9-8-13(12-16(15)24-2)20-27(21,22)11-5-10-25-18-19-14-6-3-4-7-17(14)26-18/h3-4,6-9,12,20H,5,10-11H2,1-2H3. The number of anilines is 1. The molecule has 9 heteroatoms. The lowest BCUT2D eigenvalue weighted by Crippen LogP contribution is -2.17. The van der Waals surface area contributed by atoms with E-state index in [0.29, 0.717) is 29.4 Å². The Labute approximate surface area is 167 Å². The topological polar surface area (TPSA) is 77.5 Å². The van der Waals surface area contributed by atoms with E-state index >= 15 is 0 Å². The van der Waals surface area contributed by atoms with E-state index in [-0.39, 0.29) is 5.75 Å². The van der Waals surface area contributed by atoms with E-state index in [0.717, 1.165) is 14.6 Å². The molecule has 0 spiro atoms. The average Bonchev–Trinajstić information content (AvgIpc) is 3.07. The first-order chi connectivity index (χ1) is 13.0. The van der Waals surface area contributed by atoms with E-state index in [1.54, 1.807) is 41.3 Å². The summed E-state index contributed by atoms with van der Waals surface area (Å²) in [5.74, 6) is 1.75. The Bertz CT molecular complexity index is 985. The number of methoxy groups -OCH3 is 2. The van der Waals surface area contributed by atoms with Gasteiger partial charge < -0.3 is 9.47 Å². The summed E-state index contributed by atoms with van der Waals surface area (Å²) in [6.45, 7) is 0. The maximum absolute atomic E-state index is 12.3. The molecular formula is C18H20N2O4S3. The van der Waals surface area contributed by atoms with E-state index in [1.807, 2.05) is 24.3 Å². The molecule has 3 aromatic rings. The summed E-state index contributed by atoms with van der Waals surface area (Å²) in [7, 11) is -0.393. The van der Waals surface area contributed by atoms with Crippen LogP contribution in [0.3, 0.4) is 0 Å². The summed E-state index contributed by atoms with van der Waals surface area (Å²) in [6, 6.07) is 12.9. The van der Waals surface area contributed by atoms with Crippen molar-refractivity contribution in [1.82, 2.24) is 4.98 Å². The average molecular weight is 425 g/mol. The highest BCUT2D eigenvalue weighted by molar-refractivity contribution is 8.01. The SMILES string of the molecule is COc1ccc(NS(=O)(=O)CCCSc2nc3ccccc3s2)cc1OC. The van der Waals surface area contributed by atoms with Gasteiger partial charge in [0.15, 0.2) is 15.8 Å². The molecular weight excluding hydrogens is 404 g/mol. The number of sulfonamides is 1. The zero-order valence-electron chi connectivity index (χ0n) is 15.0. The second kappa shape index (κ2) is 8.81. The van der Waals surface area contributed by atoms with Gasteiger partial charge in [-0.15, -0.1) is 11.3 Å². The van der Waals surface area contributed by atoms with E-state index in [2.05, 4.69) is 9.71 Å². The number of hydrogen-bond donors (Lipinski definition) is 1. The molecule has 0 fully saturated rings. The normalized spacial score (nSPS) is 11.5. The minimum atomic E-state index is -3.43. The van der Waals surface area contributed by atoms with Gasteiger partial charge in [-0.2, -0.15) is 0 Å². The van der Waals surface area contributed by atoms with Crippen molar-refractivity contribution >= 4 is 49.0 Å². The van der Waals surface area contributed by atoms with Crippen molar-refractivity contribution in [3.63, 3.8) is 0 Å². The number of nitrogens with zero attached hydrogens (tertiary/aromatic N) is 1. The van der Waals surface area contributed by atoms with Crippen LogP contribution in [0.1, 0.15) is 6.42 Å². The van der Waals surface area contributed by atoms with Crippen LogP contribution >= 0.6 is 23.1 Å². The van der Waals surface area contributed by atoms with Gasteiger partial charge in [0.1, 0.15) is 0 Å². The zero-order valence-corrected chi connectivity index (χ0v) is 17.4. The highest BCUT2D eigenvalue weighted by atomic mass is 32.2. The Balaban J connectivity index is 1.52. The van der Waals surface area contributed by atoms with Crippen molar-refractivity contribution in [1.29, 1.82) is 0 Å². The number of benzene rings is 2. The van der Waals surface area contributed by atoms with Gasteiger partial charge in [-0.1, -0.05) is 23.9 Å². The van der Waals surface area contributed by atoms with Crippen LogP contribution in [0.5, 0.6) is 11.5 Å². The van der Waals surface area contributed by atoms with Gasteiger partial charge in [0.2, 0.25) is 10.0 Å². The highest BCUT2D eigenvalue weighted by Gasteiger charge is 2.13. The van der Waals surface area contributed by atoms with E-state index in [9.17, 15) is 8.42 Å². The van der Waals surface area contributed by atoms with Crippen LogP contribution in [0, 0.1) is 0 Å². The number of hydrogen-bond acceptors (Lipinski definition) is 7. The third-order valence-corrected chi connectivity index (χ3v) is 7.35. The first-order valence-electron chi connectivity index (χ1n) is 8.21. The predicted octanol–water partition coefficient (Wildman–Crippen LogP) is 4.24. The molecule has 0 bridgehead atoms. The third kappa shape index (κ3) is 5.27. The van der Waals surface area contributed by atoms with Gasteiger partial charge in [-0.05, 0) is 30.7 Å². The Morgan fingerprint density at radius 3 is 2.63 bits per heavy atom. The summed E-state index contributed by atoms with van der Waals surface area (Å²) in [6.07, 6.45) is 0.531. The predicted molar refractivity (Wildman–Crippen MR) is 112 cm³/mol. The molecule has 0 unspecified atom stereocenters. The van der Waals surface area contributed by atoms with Crippen LogP contribution < -0.4 is 14.2 Å². The molecule has 0 saturated heterocycles. The number of thiazole rings is 1. The second-order valence-corrected chi connectivity index (χ2v) is 9.85. The maximum Gasteiger partial charge on any atom is 0.232 e. The maximum atomic E-state index is 12.3. The Hall–Kier alpha value is -1.97. The molecule has 0 saturated carbocycles. The quantitative estimate of drug-likeness (QED) is 0.409. The summed E-state index contributed by atoms with van der Waals surface area (Å²) in [5.41, 5.74) is 1.43. The van der Waals surface area contributed by atoms with Crippen LogP contribution in [0.25, 0.3) is 10.2 Å². The van der Waals surface area contributed by atoms with Gasteiger partial charge in [0, 0.05) is 11.8 Å². The van der Waals surface area contributed by atoms with Crippen LogP contribution in [-0.4, -0.2) is 39.1 Å². The van der Waals surface area contributed by atoms with Gasteiger partial charge in [0.05, 0.1) is 35.9 Å². The van der Waals surface area contributed by atoms with Crippen LogP contribution in [0.15, 0.2) is 46.8 Å². The fourth-order valence-electron chi connectivity index (χ4n) is 2.45.